The van der Waals surface area contributed by atoms with Crippen LogP contribution in [0.25, 0.3) is 0 Å². The van der Waals surface area contributed by atoms with Crippen molar-refractivity contribution in [3.8, 4) is 0 Å². The predicted molar refractivity (Wildman–Crippen MR) is 112 cm³/mol. The van der Waals surface area contributed by atoms with Crippen molar-refractivity contribution in [1.29, 1.82) is 0 Å². The highest BCUT2D eigenvalue weighted by Crippen LogP contribution is 2.29. The molecule has 28 heavy (non-hydrogen) atoms. The van der Waals surface area contributed by atoms with E-state index < -0.39 is 9.84 Å². The normalized spacial score (nSPS) is 16.1. The van der Waals surface area contributed by atoms with Gasteiger partial charge in [-0.3, -0.25) is 9.69 Å². The summed E-state index contributed by atoms with van der Waals surface area (Å²) in [5.41, 5.74) is 2.08. The maximum atomic E-state index is 12.7. The van der Waals surface area contributed by atoms with Crippen molar-refractivity contribution in [2.45, 2.75) is 24.6 Å². The monoisotopic (exact) mass is 420 g/mol. The van der Waals surface area contributed by atoms with E-state index >= 15 is 0 Å². The van der Waals surface area contributed by atoms with Gasteiger partial charge in [-0.2, -0.15) is 0 Å². The zero-order valence-electron chi connectivity index (χ0n) is 15.9. The third-order valence-electron chi connectivity index (χ3n) is 4.92. The van der Waals surface area contributed by atoms with E-state index in [1.54, 1.807) is 24.3 Å². The van der Waals surface area contributed by atoms with Crippen LogP contribution in [0, 0.1) is 0 Å². The van der Waals surface area contributed by atoms with Gasteiger partial charge < -0.3 is 5.32 Å². The van der Waals surface area contributed by atoms with Crippen molar-refractivity contribution in [3.05, 3.63) is 70.2 Å². The molecule has 5 nitrogen and oxygen atoms in total. The first kappa shape index (κ1) is 20.8. The Labute approximate surface area is 171 Å². The predicted octanol–water partition coefficient (Wildman–Crippen LogP) is 3.45. The Morgan fingerprint density at radius 3 is 2.54 bits per heavy atom. The SMILES string of the molecule is CS(=O)(=O)Cc1cccc(C(=O)NC[C@@H](c2ccccc2Cl)N2CCCC2)c1. The van der Waals surface area contributed by atoms with Gasteiger partial charge in [0.1, 0.15) is 0 Å². The van der Waals surface area contributed by atoms with Crippen molar-refractivity contribution in [1.82, 2.24) is 10.2 Å². The number of hydrogen-bond acceptors (Lipinski definition) is 4. The largest absolute Gasteiger partial charge is 0.350 e. The highest BCUT2D eigenvalue weighted by Gasteiger charge is 2.25. The summed E-state index contributed by atoms with van der Waals surface area (Å²) in [5, 5.41) is 3.70. The molecule has 0 radical (unpaired) electrons. The number of hydrogen-bond donors (Lipinski definition) is 1. The Morgan fingerprint density at radius 1 is 1.14 bits per heavy atom. The van der Waals surface area contributed by atoms with Gasteiger partial charge in [0.15, 0.2) is 9.84 Å². The minimum absolute atomic E-state index is 0.0133. The van der Waals surface area contributed by atoms with Crippen LogP contribution in [-0.2, 0) is 15.6 Å². The fourth-order valence-electron chi connectivity index (χ4n) is 3.63. The minimum Gasteiger partial charge on any atom is -0.350 e. The number of carbonyl (C=O) groups excluding carboxylic acids is 1. The lowest BCUT2D eigenvalue weighted by Gasteiger charge is -2.29. The quantitative estimate of drug-likeness (QED) is 0.745. The summed E-state index contributed by atoms with van der Waals surface area (Å²) in [4.78, 5) is 15.0. The van der Waals surface area contributed by atoms with E-state index in [0.717, 1.165) is 31.5 Å². The lowest BCUT2D eigenvalue weighted by Crippen LogP contribution is -2.37. The van der Waals surface area contributed by atoms with Gasteiger partial charge in [0, 0.05) is 23.4 Å². The molecule has 0 aliphatic carbocycles. The second kappa shape index (κ2) is 9.07. The first-order valence-electron chi connectivity index (χ1n) is 9.37. The molecule has 150 valence electrons. The Bertz CT molecular complexity index is 940. The van der Waals surface area contributed by atoms with E-state index in [1.807, 2.05) is 24.3 Å². The minimum atomic E-state index is -3.15. The number of nitrogens with one attached hydrogen (secondary N) is 1. The van der Waals surface area contributed by atoms with Gasteiger partial charge in [-0.15, -0.1) is 0 Å². The van der Waals surface area contributed by atoms with Crippen molar-refractivity contribution < 1.29 is 13.2 Å². The molecule has 1 aliphatic rings. The van der Waals surface area contributed by atoms with Crippen LogP contribution in [0.2, 0.25) is 5.02 Å². The smallest absolute Gasteiger partial charge is 0.251 e. The molecule has 0 saturated carbocycles. The second-order valence-electron chi connectivity index (χ2n) is 7.26. The maximum absolute atomic E-state index is 12.7. The third kappa shape index (κ3) is 5.56. The average molecular weight is 421 g/mol. The lowest BCUT2D eigenvalue weighted by molar-refractivity contribution is 0.0938. The number of halogens is 1. The highest BCUT2D eigenvalue weighted by molar-refractivity contribution is 7.89. The molecular weight excluding hydrogens is 396 g/mol. The zero-order valence-corrected chi connectivity index (χ0v) is 17.5. The molecule has 1 amide bonds. The van der Waals surface area contributed by atoms with Crippen LogP contribution in [0.4, 0.5) is 0 Å². The number of carbonyl (C=O) groups is 1. The topological polar surface area (TPSA) is 66.5 Å². The molecular formula is C21H25ClN2O3S. The lowest BCUT2D eigenvalue weighted by atomic mass is 10.0. The van der Waals surface area contributed by atoms with E-state index in [2.05, 4.69) is 10.2 Å². The molecule has 0 spiro atoms. The summed E-state index contributed by atoms with van der Waals surface area (Å²) in [7, 11) is -3.15. The molecule has 1 atom stereocenters. The van der Waals surface area contributed by atoms with Crippen LogP contribution in [0.5, 0.6) is 0 Å². The Morgan fingerprint density at radius 2 is 1.86 bits per heavy atom. The summed E-state index contributed by atoms with van der Waals surface area (Å²) in [6, 6.07) is 14.5. The molecule has 0 bridgehead atoms. The molecule has 0 unspecified atom stereocenters. The van der Waals surface area contributed by atoms with Crippen LogP contribution < -0.4 is 5.32 Å². The van der Waals surface area contributed by atoms with Crippen LogP contribution in [0.1, 0.15) is 40.4 Å². The zero-order chi connectivity index (χ0) is 20.1. The van der Waals surface area contributed by atoms with Crippen LogP contribution >= 0.6 is 11.6 Å². The van der Waals surface area contributed by atoms with E-state index in [1.165, 1.54) is 6.26 Å². The van der Waals surface area contributed by atoms with Gasteiger partial charge >= 0.3 is 0 Å². The Hall–Kier alpha value is -1.89. The summed E-state index contributed by atoms with van der Waals surface area (Å²) in [6.07, 6.45) is 3.47. The van der Waals surface area contributed by atoms with Crippen molar-refractivity contribution in [3.63, 3.8) is 0 Å². The molecule has 1 heterocycles. The van der Waals surface area contributed by atoms with Crippen molar-refractivity contribution >= 4 is 27.3 Å². The van der Waals surface area contributed by atoms with Gasteiger partial charge in [0.05, 0.1) is 11.8 Å². The third-order valence-corrected chi connectivity index (χ3v) is 6.12. The number of nitrogens with zero attached hydrogens (tertiary/aromatic N) is 1. The first-order valence-corrected chi connectivity index (χ1v) is 11.8. The van der Waals surface area contributed by atoms with E-state index in [9.17, 15) is 13.2 Å². The number of benzene rings is 2. The van der Waals surface area contributed by atoms with Gasteiger partial charge in [0.2, 0.25) is 0 Å². The van der Waals surface area contributed by atoms with E-state index in [-0.39, 0.29) is 17.7 Å². The van der Waals surface area contributed by atoms with E-state index in [4.69, 9.17) is 11.6 Å². The van der Waals surface area contributed by atoms with Crippen LogP contribution in [0.15, 0.2) is 48.5 Å². The first-order chi connectivity index (χ1) is 13.3. The number of likely N-dealkylation sites (tertiary alicyclic amines) is 1. The molecule has 3 rings (SSSR count). The summed E-state index contributed by atoms with van der Waals surface area (Å²) < 4.78 is 23.0. The molecule has 2 aromatic carbocycles. The number of rotatable bonds is 7. The van der Waals surface area contributed by atoms with E-state index in [0.29, 0.717) is 22.7 Å². The van der Waals surface area contributed by atoms with Crippen molar-refractivity contribution in [2.24, 2.45) is 0 Å². The molecule has 7 heteroatoms. The number of amides is 1. The van der Waals surface area contributed by atoms with Crippen LogP contribution in [0.3, 0.4) is 0 Å². The standard InChI is InChI=1S/C21H25ClN2O3S/c1-28(26,27)15-16-7-6-8-17(13-16)21(25)23-14-20(24-11-4-5-12-24)18-9-2-3-10-19(18)22/h2-3,6-10,13,20H,4-5,11-12,14-15H2,1H3,(H,23,25)/t20-/m0/s1. The highest BCUT2D eigenvalue weighted by atomic mass is 35.5. The van der Waals surface area contributed by atoms with Gasteiger partial charge in [-0.1, -0.05) is 41.9 Å². The number of sulfone groups is 1. The average Bonchev–Trinajstić information content (AvgIpc) is 3.16. The van der Waals surface area contributed by atoms with Gasteiger partial charge in [-0.25, -0.2) is 8.42 Å². The summed E-state index contributed by atoms with van der Waals surface area (Å²) in [6.45, 7) is 2.41. The maximum Gasteiger partial charge on any atom is 0.251 e. The van der Waals surface area contributed by atoms with Crippen LogP contribution in [-0.4, -0.2) is 45.1 Å². The summed E-state index contributed by atoms with van der Waals surface area (Å²) >= 11 is 6.42. The molecule has 2 aromatic rings. The van der Waals surface area contributed by atoms with Gasteiger partial charge in [-0.05, 0) is 55.3 Å². The molecule has 1 saturated heterocycles. The van der Waals surface area contributed by atoms with Gasteiger partial charge in [0.25, 0.3) is 5.91 Å². The fourth-order valence-corrected chi connectivity index (χ4v) is 4.68. The Kier molecular flexibility index (Phi) is 6.75. The molecule has 0 aromatic heterocycles. The molecule has 1 fully saturated rings. The van der Waals surface area contributed by atoms with Crippen molar-refractivity contribution in [2.75, 3.05) is 25.9 Å². The molecule has 1 N–H and O–H groups in total. The fraction of sp³-hybridized carbons (Fsp3) is 0.381. The summed E-state index contributed by atoms with van der Waals surface area (Å²) in [5.74, 6) is -0.295. The molecule has 1 aliphatic heterocycles. The Balaban J connectivity index is 1.73. The second-order valence-corrected chi connectivity index (χ2v) is 9.81.